The van der Waals surface area contributed by atoms with Crippen molar-refractivity contribution in [2.45, 2.75) is 13.0 Å². The summed E-state index contributed by atoms with van der Waals surface area (Å²) < 4.78 is 0. The minimum atomic E-state index is -0.179. The van der Waals surface area contributed by atoms with E-state index in [0.29, 0.717) is 16.3 Å². The molecule has 1 atom stereocenters. The van der Waals surface area contributed by atoms with Gasteiger partial charge in [0.15, 0.2) is 0 Å². The first-order chi connectivity index (χ1) is 14.5. The average molecular weight is 419 g/mol. The molecule has 4 nitrogen and oxygen atoms in total. The predicted molar refractivity (Wildman–Crippen MR) is 123 cm³/mol. The van der Waals surface area contributed by atoms with Gasteiger partial charge in [0, 0.05) is 29.4 Å². The molecule has 152 valence electrons. The van der Waals surface area contributed by atoms with Gasteiger partial charge in [-0.05, 0) is 54.5 Å². The number of carbonyl (C=O) groups excluding carboxylic acids is 2. The van der Waals surface area contributed by atoms with Crippen molar-refractivity contribution in [3.8, 4) is 0 Å². The van der Waals surface area contributed by atoms with E-state index in [9.17, 15) is 9.59 Å². The Hall–Kier alpha value is -3.37. The van der Waals surface area contributed by atoms with E-state index in [1.54, 1.807) is 36.2 Å². The summed E-state index contributed by atoms with van der Waals surface area (Å²) in [6.45, 7) is 1.94. The molecule has 3 aromatic carbocycles. The molecule has 30 heavy (non-hydrogen) atoms. The van der Waals surface area contributed by atoms with Crippen molar-refractivity contribution >= 4 is 35.2 Å². The third kappa shape index (κ3) is 5.37. The molecule has 0 saturated heterocycles. The summed E-state index contributed by atoms with van der Waals surface area (Å²) in [5.41, 5.74) is 2.98. The van der Waals surface area contributed by atoms with Crippen LogP contribution in [0.4, 0.5) is 5.69 Å². The molecule has 3 rings (SSSR count). The highest BCUT2D eigenvalue weighted by atomic mass is 35.5. The van der Waals surface area contributed by atoms with Crippen molar-refractivity contribution in [2.75, 3.05) is 12.4 Å². The number of nitrogens with zero attached hydrogens (tertiary/aromatic N) is 1. The second-order valence-corrected chi connectivity index (χ2v) is 7.33. The Morgan fingerprint density at radius 2 is 1.67 bits per heavy atom. The Morgan fingerprint density at radius 1 is 0.967 bits per heavy atom. The zero-order valence-corrected chi connectivity index (χ0v) is 17.6. The van der Waals surface area contributed by atoms with Gasteiger partial charge < -0.3 is 10.2 Å². The zero-order valence-electron chi connectivity index (χ0n) is 16.9. The smallest absolute Gasteiger partial charge is 0.255 e. The fraction of sp³-hybridized carbons (Fsp3) is 0.120. The minimum absolute atomic E-state index is 0.138. The number of likely N-dealkylation sites (N-methyl/N-ethyl adjacent to an activating group) is 1. The lowest BCUT2D eigenvalue weighted by Gasteiger charge is -2.24. The van der Waals surface area contributed by atoms with Crippen molar-refractivity contribution < 1.29 is 9.59 Å². The molecule has 1 unspecified atom stereocenters. The van der Waals surface area contributed by atoms with Crippen LogP contribution in [0.1, 0.15) is 34.5 Å². The summed E-state index contributed by atoms with van der Waals surface area (Å²) in [6.07, 6.45) is 3.23. The van der Waals surface area contributed by atoms with Crippen LogP contribution in [0.3, 0.4) is 0 Å². The predicted octanol–water partition coefficient (Wildman–Crippen LogP) is 5.83. The maximum Gasteiger partial charge on any atom is 0.255 e. The van der Waals surface area contributed by atoms with Crippen LogP contribution in [0.25, 0.3) is 6.08 Å². The zero-order chi connectivity index (χ0) is 21.5. The molecule has 0 aliphatic carbocycles. The fourth-order valence-corrected chi connectivity index (χ4v) is 3.17. The van der Waals surface area contributed by atoms with Crippen LogP contribution < -0.4 is 5.32 Å². The van der Waals surface area contributed by atoms with Crippen LogP contribution in [0.15, 0.2) is 84.9 Å². The van der Waals surface area contributed by atoms with Gasteiger partial charge in [0.05, 0.1) is 6.04 Å². The lowest BCUT2D eigenvalue weighted by atomic mass is 10.1. The molecule has 0 spiro atoms. The molecule has 0 aromatic heterocycles. The number of amides is 2. The number of halogens is 1. The third-order valence-electron chi connectivity index (χ3n) is 4.90. The Labute approximate surface area is 181 Å². The number of anilines is 1. The second-order valence-electron chi connectivity index (χ2n) is 6.93. The standard InChI is InChI=1S/C25H23ClN2O2/c1-18(28(2)24(29)16-15-19-9-6-7-14-23(19)26)21-12-8-13-22(17-21)27-25(30)20-10-4-3-5-11-20/h3-18H,1-2H3,(H,27,30)/b16-15+. The molecule has 0 radical (unpaired) electrons. The van der Waals surface area contributed by atoms with Gasteiger partial charge >= 0.3 is 0 Å². The van der Waals surface area contributed by atoms with E-state index in [1.807, 2.05) is 67.6 Å². The second kappa shape index (κ2) is 9.90. The Kier molecular flexibility index (Phi) is 7.04. The maximum atomic E-state index is 12.6. The third-order valence-corrected chi connectivity index (χ3v) is 5.25. The van der Waals surface area contributed by atoms with Crippen molar-refractivity contribution in [3.05, 3.63) is 107 Å². The summed E-state index contributed by atoms with van der Waals surface area (Å²) in [5.74, 6) is -0.311. The lowest BCUT2D eigenvalue weighted by molar-refractivity contribution is -0.126. The van der Waals surface area contributed by atoms with Crippen LogP contribution in [-0.2, 0) is 4.79 Å². The molecule has 0 heterocycles. The van der Waals surface area contributed by atoms with Gasteiger partial charge in [-0.1, -0.05) is 60.1 Å². The fourth-order valence-electron chi connectivity index (χ4n) is 2.97. The quantitative estimate of drug-likeness (QED) is 0.512. The van der Waals surface area contributed by atoms with Gasteiger partial charge in [-0.15, -0.1) is 0 Å². The van der Waals surface area contributed by atoms with Gasteiger partial charge in [0.25, 0.3) is 5.91 Å². The molecule has 0 bridgehead atoms. The number of carbonyl (C=O) groups is 2. The molecular weight excluding hydrogens is 396 g/mol. The summed E-state index contributed by atoms with van der Waals surface area (Å²) in [4.78, 5) is 26.6. The first-order valence-electron chi connectivity index (χ1n) is 9.61. The van der Waals surface area contributed by atoms with Gasteiger partial charge in [0.1, 0.15) is 0 Å². The van der Waals surface area contributed by atoms with E-state index in [0.717, 1.165) is 11.1 Å². The van der Waals surface area contributed by atoms with Crippen molar-refractivity contribution in [2.24, 2.45) is 0 Å². The van der Waals surface area contributed by atoms with Crippen LogP contribution in [0.2, 0.25) is 5.02 Å². The van der Waals surface area contributed by atoms with Crippen molar-refractivity contribution in [3.63, 3.8) is 0 Å². The highest BCUT2D eigenvalue weighted by Gasteiger charge is 2.16. The summed E-state index contributed by atoms with van der Waals surface area (Å²) in [5, 5.41) is 3.50. The van der Waals surface area contributed by atoms with Crippen LogP contribution in [0.5, 0.6) is 0 Å². The number of nitrogens with one attached hydrogen (secondary N) is 1. The van der Waals surface area contributed by atoms with E-state index in [2.05, 4.69) is 5.32 Å². The van der Waals surface area contributed by atoms with Gasteiger partial charge in [0.2, 0.25) is 5.91 Å². The minimum Gasteiger partial charge on any atom is -0.335 e. The molecule has 0 fully saturated rings. The van der Waals surface area contributed by atoms with E-state index >= 15 is 0 Å². The molecule has 3 aromatic rings. The van der Waals surface area contributed by atoms with Crippen LogP contribution in [0, 0.1) is 0 Å². The molecule has 5 heteroatoms. The van der Waals surface area contributed by atoms with E-state index in [-0.39, 0.29) is 17.9 Å². The van der Waals surface area contributed by atoms with Gasteiger partial charge in [-0.3, -0.25) is 9.59 Å². The Balaban J connectivity index is 1.69. The van der Waals surface area contributed by atoms with E-state index < -0.39 is 0 Å². The average Bonchev–Trinajstić information content (AvgIpc) is 2.78. The number of rotatable bonds is 6. The first kappa shape index (κ1) is 21.3. The molecule has 1 N–H and O–H groups in total. The normalized spacial score (nSPS) is 11.8. The SMILES string of the molecule is CC(c1cccc(NC(=O)c2ccccc2)c1)N(C)C(=O)/C=C/c1ccccc1Cl. The number of hydrogen-bond acceptors (Lipinski definition) is 2. The summed E-state index contributed by atoms with van der Waals surface area (Å²) in [6, 6.07) is 23.7. The lowest BCUT2D eigenvalue weighted by Crippen LogP contribution is -2.28. The number of hydrogen-bond donors (Lipinski definition) is 1. The molecular formula is C25H23ClN2O2. The largest absolute Gasteiger partial charge is 0.335 e. The van der Waals surface area contributed by atoms with E-state index in [1.165, 1.54) is 6.08 Å². The number of benzene rings is 3. The van der Waals surface area contributed by atoms with Crippen molar-refractivity contribution in [1.29, 1.82) is 0 Å². The van der Waals surface area contributed by atoms with Crippen LogP contribution in [-0.4, -0.2) is 23.8 Å². The Morgan fingerprint density at radius 3 is 2.40 bits per heavy atom. The molecule has 0 aliphatic heterocycles. The van der Waals surface area contributed by atoms with E-state index in [4.69, 9.17) is 11.6 Å². The molecule has 0 aliphatic rings. The summed E-state index contributed by atoms with van der Waals surface area (Å²) in [7, 11) is 1.75. The van der Waals surface area contributed by atoms with Gasteiger partial charge in [-0.25, -0.2) is 0 Å². The van der Waals surface area contributed by atoms with Crippen molar-refractivity contribution in [1.82, 2.24) is 4.90 Å². The Bertz CT molecular complexity index is 1060. The maximum absolute atomic E-state index is 12.6. The molecule has 2 amide bonds. The van der Waals surface area contributed by atoms with Gasteiger partial charge in [-0.2, -0.15) is 0 Å². The monoisotopic (exact) mass is 418 g/mol. The highest BCUT2D eigenvalue weighted by molar-refractivity contribution is 6.32. The topological polar surface area (TPSA) is 49.4 Å². The summed E-state index contributed by atoms with van der Waals surface area (Å²) >= 11 is 6.14. The molecule has 0 saturated carbocycles. The first-order valence-corrected chi connectivity index (χ1v) is 9.99. The van der Waals surface area contributed by atoms with Crippen LogP contribution >= 0.6 is 11.6 Å². The highest BCUT2D eigenvalue weighted by Crippen LogP contribution is 2.23.